The average molecular weight is 474 g/mol. The molecule has 34 heavy (non-hydrogen) atoms. The maximum Gasteiger partial charge on any atom is 0.255 e. The van der Waals surface area contributed by atoms with Gasteiger partial charge in [-0.3, -0.25) is 4.79 Å². The summed E-state index contributed by atoms with van der Waals surface area (Å²) in [5.41, 5.74) is 2.78. The van der Waals surface area contributed by atoms with Crippen LogP contribution in [0.5, 0.6) is 11.5 Å². The van der Waals surface area contributed by atoms with Crippen molar-refractivity contribution >= 4 is 28.9 Å². The van der Waals surface area contributed by atoms with Crippen LogP contribution in [0.25, 0.3) is 11.4 Å². The molecule has 2 aromatic heterocycles. The number of carbonyl (C=O) groups is 1. The lowest BCUT2D eigenvalue weighted by molar-refractivity contribution is -0.113. The van der Waals surface area contributed by atoms with Gasteiger partial charge in [0.25, 0.3) is 5.91 Å². The molecule has 0 bridgehead atoms. The van der Waals surface area contributed by atoms with Crippen molar-refractivity contribution in [2.45, 2.75) is 13.0 Å². The second-order valence-electron chi connectivity index (χ2n) is 7.71. The minimum absolute atomic E-state index is 0.194. The van der Waals surface area contributed by atoms with E-state index in [1.54, 1.807) is 36.3 Å². The number of benzene rings is 2. The van der Waals surface area contributed by atoms with Crippen molar-refractivity contribution in [1.29, 1.82) is 0 Å². The van der Waals surface area contributed by atoms with E-state index in [-0.39, 0.29) is 5.91 Å². The molecule has 0 radical (unpaired) electrons. The van der Waals surface area contributed by atoms with Crippen LogP contribution >= 0.6 is 11.3 Å². The van der Waals surface area contributed by atoms with Gasteiger partial charge < -0.3 is 20.1 Å². The molecule has 2 N–H and O–H groups in total. The normalized spacial score (nSPS) is 14.9. The Balaban J connectivity index is 1.58. The zero-order valence-corrected chi connectivity index (χ0v) is 19.7. The van der Waals surface area contributed by atoms with Crippen molar-refractivity contribution < 1.29 is 14.3 Å². The second-order valence-corrected chi connectivity index (χ2v) is 8.69. The van der Waals surface area contributed by atoms with Gasteiger partial charge in [-0.1, -0.05) is 24.3 Å². The lowest BCUT2D eigenvalue weighted by atomic mass is 10.0. The number of aromatic nitrogens is 3. The highest BCUT2D eigenvalue weighted by Gasteiger charge is 2.35. The Hall–Kier alpha value is -4.11. The number of nitrogens with zero attached hydrogens (tertiary/aromatic N) is 3. The number of nitrogens with one attached hydrogen (secondary N) is 2. The predicted octanol–water partition coefficient (Wildman–Crippen LogP) is 4.95. The minimum atomic E-state index is -0.422. The lowest BCUT2D eigenvalue weighted by Gasteiger charge is -2.27. The van der Waals surface area contributed by atoms with Crippen LogP contribution in [-0.2, 0) is 4.79 Å². The first-order valence-electron chi connectivity index (χ1n) is 10.6. The molecule has 3 heterocycles. The second kappa shape index (κ2) is 9.03. The van der Waals surface area contributed by atoms with Crippen LogP contribution in [0, 0.1) is 0 Å². The number of ether oxygens (including phenoxy) is 2. The van der Waals surface area contributed by atoms with Crippen molar-refractivity contribution in [3.63, 3.8) is 0 Å². The van der Waals surface area contributed by atoms with E-state index in [9.17, 15) is 4.79 Å². The van der Waals surface area contributed by atoms with E-state index in [4.69, 9.17) is 19.6 Å². The van der Waals surface area contributed by atoms with Gasteiger partial charge >= 0.3 is 0 Å². The molecule has 8 nitrogen and oxygen atoms in total. The number of thiophene rings is 1. The van der Waals surface area contributed by atoms with Gasteiger partial charge in [0, 0.05) is 27.9 Å². The van der Waals surface area contributed by atoms with Gasteiger partial charge in [0.15, 0.2) is 5.82 Å². The number of fused-ring (bicyclic) bond motifs is 1. The minimum Gasteiger partial charge on any atom is -0.497 e. The first kappa shape index (κ1) is 21.7. The van der Waals surface area contributed by atoms with Crippen LogP contribution in [0.3, 0.4) is 0 Å². The standard InChI is InChI=1S/C25H23N5O3S/c1-15-21(24(31)27-17-8-5-4-6-9-17)22(20-10-7-11-34-20)30-25(26-15)28-23(29-30)16-12-18(32-2)14-19(13-16)33-3/h4-14,22H,1-3H3,(H,27,31)(H,26,28,29). The quantitative estimate of drug-likeness (QED) is 0.412. The Morgan fingerprint density at radius 1 is 1.06 bits per heavy atom. The Morgan fingerprint density at radius 2 is 1.79 bits per heavy atom. The maximum atomic E-state index is 13.4. The van der Waals surface area contributed by atoms with E-state index < -0.39 is 6.04 Å². The van der Waals surface area contributed by atoms with Gasteiger partial charge in [-0.05, 0) is 42.6 Å². The number of amides is 1. The Kier molecular flexibility index (Phi) is 5.77. The highest BCUT2D eigenvalue weighted by molar-refractivity contribution is 7.10. The Morgan fingerprint density at radius 3 is 2.44 bits per heavy atom. The molecule has 1 aliphatic rings. The third-order valence-electron chi connectivity index (χ3n) is 5.55. The predicted molar refractivity (Wildman–Crippen MR) is 132 cm³/mol. The molecular formula is C25H23N5O3S. The summed E-state index contributed by atoms with van der Waals surface area (Å²) in [5.74, 6) is 2.15. The zero-order valence-electron chi connectivity index (χ0n) is 18.9. The molecule has 9 heteroatoms. The van der Waals surface area contributed by atoms with Crippen molar-refractivity contribution in [1.82, 2.24) is 14.8 Å². The van der Waals surface area contributed by atoms with Crippen molar-refractivity contribution in [2.24, 2.45) is 0 Å². The molecular weight excluding hydrogens is 450 g/mol. The van der Waals surface area contributed by atoms with Crippen molar-refractivity contribution in [3.8, 4) is 22.9 Å². The van der Waals surface area contributed by atoms with Crippen LogP contribution in [0.15, 0.2) is 77.3 Å². The molecule has 0 spiro atoms. The third kappa shape index (κ3) is 4.01. The molecule has 1 aliphatic heterocycles. The van der Waals surface area contributed by atoms with Crippen LogP contribution in [-0.4, -0.2) is 34.9 Å². The number of anilines is 2. The van der Waals surface area contributed by atoms with Crippen molar-refractivity contribution in [2.75, 3.05) is 24.9 Å². The number of para-hydroxylation sites is 1. The first-order chi connectivity index (χ1) is 16.6. The molecule has 1 atom stereocenters. The number of rotatable bonds is 6. The summed E-state index contributed by atoms with van der Waals surface area (Å²) in [6.07, 6.45) is 0. The number of carbonyl (C=O) groups excluding carboxylic acids is 1. The van der Waals surface area contributed by atoms with Gasteiger partial charge in [0.2, 0.25) is 5.95 Å². The highest BCUT2D eigenvalue weighted by Crippen LogP contribution is 2.39. The smallest absolute Gasteiger partial charge is 0.255 e. The van der Waals surface area contributed by atoms with Crippen LogP contribution in [0.4, 0.5) is 11.6 Å². The van der Waals surface area contributed by atoms with E-state index >= 15 is 0 Å². The summed E-state index contributed by atoms with van der Waals surface area (Å²) < 4.78 is 12.6. The van der Waals surface area contributed by atoms with E-state index in [0.29, 0.717) is 28.8 Å². The summed E-state index contributed by atoms with van der Waals surface area (Å²) in [7, 11) is 3.20. The molecule has 0 aliphatic carbocycles. The summed E-state index contributed by atoms with van der Waals surface area (Å²) >= 11 is 1.57. The third-order valence-corrected chi connectivity index (χ3v) is 6.48. The molecule has 0 saturated carbocycles. The van der Waals surface area contributed by atoms with Crippen LogP contribution in [0.2, 0.25) is 0 Å². The van der Waals surface area contributed by atoms with Gasteiger partial charge in [0.1, 0.15) is 17.5 Å². The Labute approximate surface area is 200 Å². The largest absolute Gasteiger partial charge is 0.497 e. The number of methoxy groups -OCH3 is 2. The van der Waals surface area contributed by atoms with Gasteiger partial charge in [0.05, 0.1) is 19.8 Å². The van der Waals surface area contributed by atoms with Gasteiger partial charge in [-0.15, -0.1) is 16.4 Å². The number of hydrogen-bond acceptors (Lipinski definition) is 7. The monoisotopic (exact) mass is 473 g/mol. The topological polar surface area (TPSA) is 90.3 Å². The fraction of sp³-hybridized carbons (Fsp3) is 0.160. The average Bonchev–Trinajstić information content (AvgIpc) is 3.53. The molecule has 172 valence electrons. The first-order valence-corrected chi connectivity index (χ1v) is 11.5. The van der Waals surface area contributed by atoms with E-state index in [1.807, 2.05) is 66.9 Å². The summed E-state index contributed by atoms with van der Waals surface area (Å²) in [6, 6.07) is 18.5. The maximum absolute atomic E-state index is 13.4. The molecule has 0 saturated heterocycles. The molecule has 2 aromatic carbocycles. The highest BCUT2D eigenvalue weighted by atomic mass is 32.1. The molecule has 1 unspecified atom stereocenters. The lowest BCUT2D eigenvalue weighted by Crippen LogP contribution is -2.31. The molecule has 5 rings (SSSR count). The van der Waals surface area contributed by atoms with Gasteiger partial charge in [-0.25, -0.2) is 4.68 Å². The zero-order chi connectivity index (χ0) is 23.7. The molecule has 4 aromatic rings. The van der Waals surface area contributed by atoms with Crippen molar-refractivity contribution in [3.05, 3.63) is 82.2 Å². The van der Waals surface area contributed by atoms with E-state index in [2.05, 4.69) is 10.6 Å². The number of hydrogen-bond donors (Lipinski definition) is 2. The van der Waals surface area contributed by atoms with Gasteiger partial charge in [-0.2, -0.15) is 4.98 Å². The number of allylic oxidation sites excluding steroid dienone is 1. The molecule has 0 fully saturated rings. The fourth-order valence-electron chi connectivity index (χ4n) is 3.93. The summed E-state index contributed by atoms with van der Waals surface area (Å²) in [6.45, 7) is 1.88. The SMILES string of the molecule is COc1cc(OC)cc(-c2nc3n(n2)C(c2cccs2)C(C(=O)Nc2ccccc2)=C(C)N3)c1. The Bertz CT molecular complexity index is 1340. The van der Waals surface area contributed by atoms with E-state index in [0.717, 1.165) is 21.8 Å². The summed E-state index contributed by atoms with van der Waals surface area (Å²) in [4.78, 5) is 19.2. The summed E-state index contributed by atoms with van der Waals surface area (Å²) in [5, 5.41) is 13.1. The fourth-order valence-corrected chi connectivity index (χ4v) is 4.75. The van der Waals surface area contributed by atoms with Crippen LogP contribution < -0.4 is 20.1 Å². The van der Waals surface area contributed by atoms with E-state index in [1.165, 1.54) is 0 Å². The molecule has 1 amide bonds. The van der Waals surface area contributed by atoms with Crippen LogP contribution in [0.1, 0.15) is 17.8 Å².